The molecule has 0 atom stereocenters. The summed E-state index contributed by atoms with van der Waals surface area (Å²) in [6.07, 6.45) is 1.62. The van der Waals surface area contributed by atoms with Gasteiger partial charge in [-0.3, -0.25) is 4.79 Å². The van der Waals surface area contributed by atoms with Crippen molar-refractivity contribution < 1.29 is 9.53 Å². The molecule has 0 saturated heterocycles. The highest BCUT2D eigenvalue weighted by molar-refractivity contribution is 5.94. The molecular weight excluding hydrogens is 280 g/mol. The number of amides is 1. The highest BCUT2D eigenvalue weighted by Gasteiger charge is 2.11. The zero-order chi connectivity index (χ0) is 15.5. The molecule has 22 heavy (non-hydrogen) atoms. The van der Waals surface area contributed by atoms with E-state index < -0.39 is 0 Å². The molecule has 0 bridgehead atoms. The number of benzene rings is 1. The summed E-state index contributed by atoms with van der Waals surface area (Å²) in [4.78, 5) is 16.0. The van der Waals surface area contributed by atoms with Crippen molar-refractivity contribution in [2.75, 3.05) is 19.0 Å². The van der Waals surface area contributed by atoms with E-state index in [-0.39, 0.29) is 12.5 Å². The van der Waals surface area contributed by atoms with Crippen LogP contribution < -0.4 is 5.32 Å². The molecule has 0 fully saturated rings. The average Bonchev–Trinajstić information content (AvgIpc) is 2.85. The summed E-state index contributed by atoms with van der Waals surface area (Å²) >= 11 is 0. The van der Waals surface area contributed by atoms with Crippen LogP contribution in [0, 0.1) is 6.92 Å². The third kappa shape index (κ3) is 2.68. The molecule has 0 spiro atoms. The number of methoxy groups -OCH3 is 1. The second-order valence-corrected chi connectivity index (χ2v) is 4.91. The van der Waals surface area contributed by atoms with Gasteiger partial charge in [0, 0.05) is 12.5 Å². The number of pyridine rings is 1. The van der Waals surface area contributed by atoms with Crippen LogP contribution in [0.4, 0.5) is 5.69 Å². The summed E-state index contributed by atoms with van der Waals surface area (Å²) in [6.45, 7) is 1.94. The van der Waals surface area contributed by atoms with E-state index in [9.17, 15) is 4.79 Å². The van der Waals surface area contributed by atoms with E-state index in [4.69, 9.17) is 4.74 Å². The Bertz CT molecular complexity index is 812. The molecule has 0 aliphatic carbocycles. The van der Waals surface area contributed by atoms with Gasteiger partial charge in [-0.15, -0.1) is 0 Å². The molecule has 1 amide bonds. The second-order valence-electron chi connectivity index (χ2n) is 4.91. The van der Waals surface area contributed by atoms with Crippen LogP contribution in [0.15, 0.2) is 42.6 Å². The van der Waals surface area contributed by atoms with Gasteiger partial charge in [-0.05, 0) is 25.1 Å². The summed E-state index contributed by atoms with van der Waals surface area (Å²) < 4.78 is 6.60. The van der Waals surface area contributed by atoms with Crippen molar-refractivity contribution >= 4 is 22.6 Å². The van der Waals surface area contributed by atoms with Gasteiger partial charge in [-0.2, -0.15) is 5.10 Å². The van der Waals surface area contributed by atoms with Crippen molar-refractivity contribution in [1.29, 1.82) is 0 Å². The quantitative estimate of drug-likeness (QED) is 0.802. The lowest BCUT2D eigenvalue weighted by molar-refractivity contribution is -0.119. The average molecular weight is 296 g/mol. The monoisotopic (exact) mass is 296 g/mol. The van der Waals surface area contributed by atoms with Crippen LogP contribution in [0.3, 0.4) is 0 Å². The van der Waals surface area contributed by atoms with Gasteiger partial charge in [0.15, 0.2) is 5.65 Å². The maximum absolute atomic E-state index is 11.6. The van der Waals surface area contributed by atoms with Crippen LogP contribution in [0.1, 0.15) is 5.69 Å². The number of carbonyl (C=O) groups is 1. The third-order valence-electron chi connectivity index (χ3n) is 3.27. The molecule has 0 unspecified atom stereocenters. The topological polar surface area (TPSA) is 69.0 Å². The van der Waals surface area contributed by atoms with E-state index in [0.29, 0.717) is 5.69 Å². The Balaban J connectivity index is 2.00. The van der Waals surface area contributed by atoms with Crippen molar-refractivity contribution in [3.8, 4) is 5.69 Å². The van der Waals surface area contributed by atoms with Crippen molar-refractivity contribution in [3.63, 3.8) is 0 Å². The van der Waals surface area contributed by atoms with E-state index in [1.54, 1.807) is 10.9 Å². The van der Waals surface area contributed by atoms with E-state index >= 15 is 0 Å². The summed E-state index contributed by atoms with van der Waals surface area (Å²) in [5.74, 6) is -0.211. The standard InChI is InChI=1S/C16H16N4O2/c1-11-14-8-12(18-15(21)10-22-2)9-17-16(14)20(19-11)13-6-4-3-5-7-13/h3-9H,10H2,1-2H3,(H,18,21). The van der Waals surface area contributed by atoms with E-state index in [1.807, 2.05) is 43.3 Å². The number of fused-ring (bicyclic) bond motifs is 1. The fourth-order valence-electron chi connectivity index (χ4n) is 2.29. The first kappa shape index (κ1) is 14.2. The van der Waals surface area contributed by atoms with Crippen molar-refractivity contribution in [1.82, 2.24) is 14.8 Å². The summed E-state index contributed by atoms with van der Waals surface area (Å²) in [7, 11) is 1.48. The number of rotatable bonds is 4. The fourth-order valence-corrected chi connectivity index (χ4v) is 2.29. The van der Waals surface area contributed by atoms with Gasteiger partial charge in [0.05, 0.1) is 23.3 Å². The Morgan fingerprint density at radius 3 is 2.82 bits per heavy atom. The second kappa shape index (κ2) is 5.95. The van der Waals surface area contributed by atoms with Gasteiger partial charge in [0.1, 0.15) is 6.61 Å². The number of hydrogen-bond donors (Lipinski definition) is 1. The molecule has 0 saturated carbocycles. The SMILES string of the molecule is COCC(=O)Nc1cnc2c(c1)c(C)nn2-c1ccccc1. The molecule has 112 valence electrons. The molecule has 0 aliphatic heterocycles. The molecule has 2 heterocycles. The minimum absolute atomic E-state index is 0.0142. The molecule has 3 aromatic rings. The predicted octanol–water partition coefficient (Wildman–Crippen LogP) is 2.31. The van der Waals surface area contributed by atoms with Gasteiger partial charge >= 0.3 is 0 Å². The van der Waals surface area contributed by atoms with Crippen LogP contribution in [0.25, 0.3) is 16.7 Å². The summed E-state index contributed by atoms with van der Waals surface area (Å²) in [6, 6.07) is 11.7. The lowest BCUT2D eigenvalue weighted by Crippen LogP contribution is -2.17. The highest BCUT2D eigenvalue weighted by Crippen LogP contribution is 2.22. The first-order valence-corrected chi connectivity index (χ1v) is 6.88. The Morgan fingerprint density at radius 1 is 1.32 bits per heavy atom. The molecular formula is C16H16N4O2. The maximum atomic E-state index is 11.6. The molecule has 6 nitrogen and oxygen atoms in total. The number of ether oxygens (including phenoxy) is 1. The van der Waals surface area contributed by atoms with Crippen LogP contribution in [-0.2, 0) is 9.53 Å². The van der Waals surface area contributed by atoms with Gasteiger partial charge in [-0.25, -0.2) is 9.67 Å². The van der Waals surface area contributed by atoms with Gasteiger partial charge in [-0.1, -0.05) is 18.2 Å². The van der Waals surface area contributed by atoms with Crippen LogP contribution in [0.2, 0.25) is 0 Å². The maximum Gasteiger partial charge on any atom is 0.250 e. The Kier molecular flexibility index (Phi) is 3.84. The van der Waals surface area contributed by atoms with Gasteiger partial charge < -0.3 is 10.1 Å². The normalized spacial score (nSPS) is 10.8. The first-order valence-electron chi connectivity index (χ1n) is 6.88. The summed E-state index contributed by atoms with van der Waals surface area (Å²) in [5.41, 5.74) is 3.19. The van der Waals surface area contributed by atoms with Crippen LogP contribution in [-0.4, -0.2) is 34.4 Å². The number of nitrogens with one attached hydrogen (secondary N) is 1. The first-order chi connectivity index (χ1) is 10.7. The van der Waals surface area contributed by atoms with Crippen molar-refractivity contribution in [2.24, 2.45) is 0 Å². The number of aryl methyl sites for hydroxylation is 1. The van der Waals surface area contributed by atoms with Gasteiger partial charge in [0.25, 0.3) is 0 Å². The number of anilines is 1. The number of nitrogens with zero attached hydrogens (tertiary/aromatic N) is 3. The van der Waals surface area contributed by atoms with E-state index in [1.165, 1.54) is 7.11 Å². The van der Waals surface area contributed by atoms with Gasteiger partial charge in [0.2, 0.25) is 5.91 Å². The predicted molar refractivity (Wildman–Crippen MR) is 84.1 cm³/mol. The van der Waals surface area contributed by atoms with E-state index in [2.05, 4.69) is 15.4 Å². The lowest BCUT2D eigenvalue weighted by Gasteiger charge is -2.05. The molecule has 6 heteroatoms. The van der Waals surface area contributed by atoms with Crippen LogP contribution in [0.5, 0.6) is 0 Å². The molecule has 3 rings (SSSR count). The van der Waals surface area contributed by atoms with Crippen molar-refractivity contribution in [3.05, 3.63) is 48.3 Å². The minimum Gasteiger partial charge on any atom is -0.375 e. The van der Waals surface area contributed by atoms with E-state index in [0.717, 1.165) is 22.4 Å². The number of hydrogen-bond acceptors (Lipinski definition) is 4. The van der Waals surface area contributed by atoms with Crippen molar-refractivity contribution in [2.45, 2.75) is 6.92 Å². The smallest absolute Gasteiger partial charge is 0.250 e. The molecule has 2 aromatic heterocycles. The lowest BCUT2D eigenvalue weighted by atomic mass is 10.2. The number of carbonyl (C=O) groups excluding carboxylic acids is 1. The van der Waals surface area contributed by atoms with Crippen LogP contribution >= 0.6 is 0 Å². The zero-order valence-electron chi connectivity index (χ0n) is 12.4. The Labute approximate surface area is 127 Å². The fraction of sp³-hybridized carbons (Fsp3) is 0.188. The zero-order valence-corrected chi connectivity index (χ0v) is 12.4. The number of aromatic nitrogens is 3. The molecule has 0 radical (unpaired) electrons. The molecule has 0 aliphatic rings. The Morgan fingerprint density at radius 2 is 2.09 bits per heavy atom. The molecule has 1 N–H and O–H groups in total. The third-order valence-corrected chi connectivity index (χ3v) is 3.27. The largest absolute Gasteiger partial charge is 0.375 e. The Hall–Kier alpha value is -2.73. The molecule has 1 aromatic carbocycles. The summed E-state index contributed by atoms with van der Waals surface area (Å²) in [5, 5.41) is 8.18. The highest BCUT2D eigenvalue weighted by atomic mass is 16.5. The minimum atomic E-state index is -0.211. The number of para-hydroxylation sites is 1.